The molecule has 1 fully saturated rings. The number of aromatic amines is 1. The Hall–Kier alpha value is -2.14. The number of aromatic nitrogens is 1. The Kier molecular flexibility index (Phi) is 3.06. The van der Waals surface area contributed by atoms with E-state index in [1.165, 1.54) is 0 Å². The van der Waals surface area contributed by atoms with E-state index in [0.29, 0.717) is 5.56 Å². The van der Waals surface area contributed by atoms with E-state index in [9.17, 15) is 4.79 Å². The number of H-pyrrole nitrogens is 1. The number of amides is 1. The van der Waals surface area contributed by atoms with Crippen LogP contribution < -0.4 is 11.1 Å². The molecule has 1 aliphatic heterocycles. The molecule has 104 valence electrons. The molecule has 4 N–H and O–H groups in total. The monoisotopic (exact) mass is 270 g/mol. The van der Waals surface area contributed by atoms with Crippen LogP contribution in [0.4, 0.5) is 5.69 Å². The van der Waals surface area contributed by atoms with Crippen LogP contribution in [0.3, 0.4) is 0 Å². The number of benzene rings is 1. The number of hydrogen-bond acceptors (Lipinski definition) is 3. The molecule has 1 aromatic heterocycles. The first-order chi connectivity index (χ1) is 9.58. The van der Waals surface area contributed by atoms with Gasteiger partial charge in [0.2, 0.25) is 0 Å². The third kappa shape index (κ3) is 2.00. The molecule has 0 aliphatic carbocycles. The fraction of sp³-hybridized carbons (Fsp3) is 0.333. The summed E-state index contributed by atoms with van der Waals surface area (Å²) < 4.78 is 0. The van der Waals surface area contributed by atoms with E-state index in [0.717, 1.165) is 53.1 Å². The summed E-state index contributed by atoms with van der Waals surface area (Å²) in [4.78, 5) is 19.5. The molecule has 1 amide bonds. The number of hydrogen-bond donors (Lipinski definition) is 3. The SMILES string of the molecule is Cc1[nH]c2c(C(N)=O)ccc(N=C3CCNC3)c2c1C. The third-order valence-corrected chi connectivity index (χ3v) is 3.90. The first-order valence-electron chi connectivity index (χ1n) is 6.76. The van der Waals surface area contributed by atoms with Crippen LogP contribution in [0.1, 0.15) is 28.0 Å². The van der Waals surface area contributed by atoms with Gasteiger partial charge in [-0.15, -0.1) is 0 Å². The van der Waals surface area contributed by atoms with Crippen molar-refractivity contribution in [3.05, 3.63) is 29.0 Å². The van der Waals surface area contributed by atoms with Crippen molar-refractivity contribution < 1.29 is 4.79 Å². The van der Waals surface area contributed by atoms with Gasteiger partial charge in [0.25, 0.3) is 5.91 Å². The van der Waals surface area contributed by atoms with E-state index in [2.05, 4.69) is 10.3 Å². The summed E-state index contributed by atoms with van der Waals surface area (Å²) in [5.74, 6) is -0.419. The molecule has 1 aromatic carbocycles. The van der Waals surface area contributed by atoms with Crippen molar-refractivity contribution in [2.75, 3.05) is 13.1 Å². The minimum Gasteiger partial charge on any atom is -0.366 e. The quantitative estimate of drug-likeness (QED) is 0.779. The van der Waals surface area contributed by atoms with Gasteiger partial charge in [-0.2, -0.15) is 0 Å². The number of nitrogens with two attached hydrogens (primary N) is 1. The number of carbonyl (C=O) groups excluding carboxylic acids is 1. The summed E-state index contributed by atoms with van der Waals surface area (Å²) in [7, 11) is 0. The third-order valence-electron chi connectivity index (χ3n) is 3.90. The van der Waals surface area contributed by atoms with Crippen LogP contribution >= 0.6 is 0 Å². The van der Waals surface area contributed by atoms with Gasteiger partial charge in [-0.3, -0.25) is 9.79 Å². The van der Waals surface area contributed by atoms with Gasteiger partial charge in [0.1, 0.15) is 0 Å². The van der Waals surface area contributed by atoms with Gasteiger partial charge in [0, 0.05) is 29.9 Å². The predicted molar refractivity (Wildman–Crippen MR) is 80.9 cm³/mol. The predicted octanol–water partition coefficient (Wildman–Crippen LogP) is 1.95. The minimum atomic E-state index is -0.419. The largest absolute Gasteiger partial charge is 0.366 e. The number of nitrogens with zero attached hydrogens (tertiary/aromatic N) is 1. The second-order valence-electron chi connectivity index (χ2n) is 5.23. The summed E-state index contributed by atoms with van der Waals surface area (Å²) in [6.45, 7) is 5.84. The molecule has 0 saturated carbocycles. The maximum absolute atomic E-state index is 11.5. The van der Waals surface area contributed by atoms with Crippen molar-refractivity contribution >= 4 is 28.2 Å². The van der Waals surface area contributed by atoms with Crippen LogP contribution in [-0.4, -0.2) is 29.7 Å². The van der Waals surface area contributed by atoms with E-state index in [1.54, 1.807) is 6.07 Å². The zero-order valence-corrected chi connectivity index (χ0v) is 11.7. The highest BCUT2D eigenvalue weighted by molar-refractivity contribution is 6.10. The second-order valence-corrected chi connectivity index (χ2v) is 5.23. The Balaban J connectivity index is 2.26. The molecule has 1 saturated heterocycles. The zero-order valence-electron chi connectivity index (χ0n) is 11.7. The lowest BCUT2D eigenvalue weighted by molar-refractivity contribution is 0.100. The molecule has 0 unspecified atom stereocenters. The van der Waals surface area contributed by atoms with Gasteiger partial charge >= 0.3 is 0 Å². The summed E-state index contributed by atoms with van der Waals surface area (Å²) >= 11 is 0. The number of primary amides is 1. The van der Waals surface area contributed by atoms with Gasteiger partial charge < -0.3 is 16.0 Å². The highest BCUT2D eigenvalue weighted by atomic mass is 16.1. The molecule has 5 nitrogen and oxygen atoms in total. The fourth-order valence-corrected chi connectivity index (χ4v) is 2.69. The highest BCUT2D eigenvalue weighted by Crippen LogP contribution is 2.33. The van der Waals surface area contributed by atoms with Crippen molar-refractivity contribution in [1.29, 1.82) is 0 Å². The Morgan fingerprint density at radius 3 is 2.80 bits per heavy atom. The Morgan fingerprint density at radius 1 is 1.35 bits per heavy atom. The molecule has 20 heavy (non-hydrogen) atoms. The lowest BCUT2D eigenvalue weighted by Crippen LogP contribution is -2.11. The summed E-state index contributed by atoms with van der Waals surface area (Å²) in [5, 5.41) is 4.28. The van der Waals surface area contributed by atoms with Gasteiger partial charge in [0.05, 0.1) is 16.8 Å². The van der Waals surface area contributed by atoms with E-state index in [-0.39, 0.29) is 0 Å². The minimum absolute atomic E-state index is 0.419. The first kappa shape index (κ1) is 12.9. The van der Waals surface area contributed by atoms with E-state index in [4.69, 9.17) is 10.7 Å². The van der Waals surface area contributed by atoms with Gasteiger partial charge in [-0.05, 0) is 38.0 Å². The van der Waals surface area contributed by atoms with Gasteiger partial charge in [0.15, 0.2) is 0 Å². The van der Waals surface area contributed by atoms with Crippen LogP contribution in [-0.2, 0) is 0 Å². The zero-order chi connectivity index (χ0) is 14.3. The topological polar surface area (TPSA) is 83.3 Å². The average Bonchev–Trinajstić information content (AvgIpc) is 2.99. The average molecular weight is 270 g/mol. The standard InChI is InChI=1S/C15H18N4O/c1-8-9(2)18-14-11(15(16)20)3-4-12(13(8)14)19-10-5-6-17-7-10/h3-4,17-18H,5-7H2,1-2H3,(H2,16,20). The van der Waals surface area contributed by atoms with E-state index < -0.39 is 5.91 Å². The number of nitrogens with one attached hydrogen (secondary N) is 2. The normalized spacial score (nSPS) is 17.2. The highest BCUT2D eigenvalue weighted by Gasteiger charge is 2.16. The van der Waals surface area contributed by atoms with Crippen LogP contribution in [0.2, 0.25) is 0 Å². The molecule has 0 bridgehead atoms. The van der Waals surface area contributed by atoms with Crippen molar-refractivity contribution in [3.63, 3.8) is 0 Å². The van der Waals surface area contributed by atoms with Gasteiger partial charge in [-0.1, -0.05) is 0 Å². The summed E-state index contributed by atoms with van der Waals surface area (Å²) in [5.41, 5.74) is 11.0. The molecule has 3 rings (SSSR count). The number of rotatable bonds is 2. The van der Waals surface area contributed by atoms with Gasteiger partial charge in [-0.25, -0.2) is 0 Å². The Morgan fingerprint density at radius 2 is 2.15 bits per heavy atom. The fourth-order valence-electron chi connectivity index (χ4n) is 2.69. The number of aryl methyl sites for hydroxylation is 2. The molecule has 5 heteroatoms. The molecule has 2 aromatic rings. The lowest BCUT2D eigenvalue weighted by Gasteiger charge is -2.04. The van der Waals surface area contributed by atoms with Crippen LogP contribution in [0.25, 0.3) is 10.9 Å². The van der Waals surface area contributed by atoms with Crippen molar-refractivity contribution in [2.45, 2.75) is 20.3 Å². The number of aliphatic imine (C=N–C) groups is 1. The van der Waals surface area contributed by atoms with Crippen molar-refractivity contribution in [3.8, 4) is 0 Å². The maximum atomic E-state index is 11.5. The van der Waals surface area contributed by atoms with Crippen molar-refractivity contribution in [2.24, 2.45) is 10.7 Å². The smallest absolute Gasteiger partial charge is 0.250 e. The van der Waals surface area contributed by atoms with Crippen molar-refractivity contribution in [1.82, 2.24) is 10.3 Å². The number of carbonyl (C=O) groups is 1. The Bertz CT molecular complexity index is 719. The molecular weight excluding hydrogens is 252 g/mol. The molecule has 0 radical (unpaired) electrons. The second kappa shape index (κ2) is 4.76. The van der Waals surface area contributed by atoms with Crippen LogP contribution in [0, 0.1) is 13.8 Å². The van der Waals surface area contributed by atoms with Crippen LogP contribution in [0.5, 0.6) is 0 Å². The molecule has 2 heterocycles. The van der Waals surface area contributed by atoms with E-state index >= 15 is 0 Å². The van der Waals surface area contributed by atoms with E-state index in [1.807, 2.05) is 19.9 Å². The maximum Gasteiger partial charge on any atom is 0.250 e. The molecular formula is C15H18N4O. The summed E-state index contributed by atoms with van der Waals surface area (Å²) in [6, 6.07) is 3.63. The molecule has 1 aliphatic rings. The first-order valence-corrected chi connectivity index (χ1v) is 6.76. The molecule has 0 atom stereocenters. The summed E-state index contributed by atoms with van der Waals surface area (Å²) in [6.07, 6.45) is 0.974. The van der Waals surface area contributed by atoms with Crippen LogP contribution in [0.15, 0.2) is 17.1 Å². The molecule has 0 spiro atoms. The lowest BCUT2D eigenvalue weighted by atomic mass is 10.1. The number of fused-ring (bicyclic) bond motifs is 1. The Labute approximate surface area is 117 Å².